The van der Waals surface area contributed by atoms with Crippen molar-refractivity contribution in [3.63, 3.8) is 0 Å². The monoisotopic (exact) mass is 222 g/mol. The van der Waals surface area contributed by atoms with E-state index in [-0.39, 0.29) is 0 Å². The van der Waals surface area contributed by atoms with E-state index in [1.54, 1.807) is 0 Å². The zero-order chi connectivity index (χ0) is 11.8. The smallest absolute Gasteiger partial charge is 0.186 e. The van der Waals surface area contributed by atoms with Gasteiger partial charge in [0.1, 0.15) is 23.9 Å². The Morgan fingerprint density at radius 1 is 1.33 bits per heavy atom. The van der Waals surface area contributed by atoms with Crippen LogP contribution in [0.25, 0.3) is 0 Å². The van der Waals surface area contributed by atoms with Crippen LogP contribution in [0.1, 0.15) is 13.8 Å². The van der Waals surface area contributed by atoms with Crippen LogP contribution in [0.2, 0.25) is 0 Å². The van der Waals surface area contributed by atoms with Crippen LogP contribution in [0.4, 0.5) is 0 Å². The number of hydrogen-bond donors (Lipinski definition) is 4. The molecule has 0 aromatic carbocycles. The van der Waals surface area contributed by atoms with E-state index in [1.165, 1.54) is 21.0 Å². The summed E-state index contributed by atoms with van der Waals surface area (Å²) in [5.41, 5.74) is -1.78. The molecule has 0 radical (unpaired) electrons. The summed E-state index contributed by atoms with van der Waals surface area (Å²) in [6, 6.07) is 0. The molecule has 0 saturated carbocycles. The van der Waals surface area contributed by atoms with Gasteiger partial charge in [-0.2, -0.15) is 0 Å². The van der Waals surface area contributed by atoms with E-state index >= 15 is 0 Å². The molecule has 1 saturated heterocycles. The Hall–Kier alpha value is -0.240. The van der Waals surface area contributed by atoms with Gasteiger partial charge >= 0.3 is 0 Å². The minimum Gasteiger partial charge on any atom is -0.391 e. The Morgan fingerprint density at radius 2 is 1.87 bits per heavy atom. The third kappa shape index (κ3) is 2.15. The maximum absolute atomic E-state index is 9.86. The standard InChI is InChI=1S/C9H18O6/c1-4(10)5-6(11)9(2,13)7(12)8(14-3)15-5/h4-8,10-13H,1-3H3/t4?,5-,6-,7+,8+,9+/m1/s1. The maximum atomic E-state index is 9.86. The summed E-state index contributed by atoms with van der Waals surface area (Å²) < 4.78 is 9.94. The molecule has 0 amide bonds. The van der Waals surface area contributed by atoms with Crippen molar-refractivity contribution < 1.29 is 29.9 Å². The van der Waals surface area contributed by atoms with Crippen molar-refractivity contribution in [3.05, 3.63) is 0 Å². The highest BCUT2D eigenvalue weighted by atomic mass is 16.7. The van der Waals surface area contributed by atoms with E-state index < -0.39 is 36.3 Å². The number of aliphatic hydroxyl groups is 4. The van der Waals surface area contributed by atoms with Crippen LogP contribution >= 0.6 is 0 Å². The Balaban J connectivity index is 2.90. The quantitative estimate of drug-likeness (QED) is 0.440. The number of methoxy groups -OCH3 is 1. The molecule has 4 N–H and O–H groups in total. The molecule has 1 aliphatic rings. The summed E-state index contributed by atoms with van der Waals surface area (Å²) >= 11 is 0. The Morgan fingerprint density at radius 3 is 2.27 bits per heavy atom. The van der Waals surface area contributed by atoms with E-state index in [1.807, 2.05) is 0 Å². The minimum absolute atomic E-state index is 0.975. The Labute approximate surface area is 88.1 Å². The third-order valence-electron chi connectivity index (χ3n) is 2.77. The van der Waals surface area contributed by atoms with Gasteiger partial charge in [-0.05, 0) is 13.8 Å². The first-order valence-electron chi connectivity index (χ1n) is 4.77. The molecule has 0 aliphatic carbocycles. The van der Waals surface area contributed by atoms with Crippen LogP contribution in [0.5, 0.6) is 0 Å². The van der Waals surface area contributed by atoms with Gasteiger partial charge in [0, 0.05) is 7.11 Å². The summed E-state index contributed by atoms with van der Waals surface area (Å²) in [6.07, 6.45) is -5.78. The second-order valence-corrected chi connectivity index (χ2v) is 4.06. The van der Waals surface area contributed by atoms with Gasteiger partial charge in [0.15, 0.2) is 6.29 Å². The largest absolute Gasteiger partial charge is 0.391 e. The SMILES string of the molecule is CO[C@H]1O[C@H](C(C)O)[C@@H](O)[C@](C)(O)[C@H]1O. The van der Waals surface area contributed by atoms with E-state index in [4.69, 9.17) is 9.47 Å². The van der Waals surface area contributed by atoms with Gasteiger partial charge in [-0.15, -0.1) is 0 Å². The van der Waals surface area contributed by atoms with Gasteiger partial charge < -0.3 is 29.9 Å². The number of ether oxygens (including phenoxy) is 2. The minimum atomic E-state index is -1.78. The van der Waals surface area contributed by atoms with Crippen molar-refractivity contribution in [3.8, 4) is 0 Å². The van der Waals surface area contributed by atoms with E-state index in [0.717, 1.165) is 0 Å². The molecule has 1 unspecified atom stereocenters. The zero-order valence-electron chi connectivity index (χ0n) is 8.99. The molecule has 0 aromatic heterocycles. The second-order valence-electron chi connectivity index (χ2n) is 4.06. The Kier molecular flexibility index (Phi) is 3.70. The molecule has 6 nitrogen and oxygen atoms in total. The average Bonchev–Trinajstić information content (AvgIpc) is 2.15. The molecule has 0 spiro atoms. The summed E-state index contributed by atoms with van der Waals surface area (Å²) in [5.74, 6) is 0. The lowest BCUT2D eigenvalue weighted by atomic mass is 9.84. The molecule has 90 valence electrons. The van der Waals surface area contributed by atoms with Crippen LogP contribution in [0.3, 0.4) is 0 Å². The number of aliphatic hydroxyl groups excluding tert-OH is 3. The zero-order valence-corrected chi connectivity index (χ0v) is 8.99. The van der Waals surface area contributed by atoms with Crippen LogP contribution < -0.4 is 0 Å². The fraction of sp³-hybridized carbons (Fsp3) is 1.00. The highest BCUT2D eigenvalue weighted by Crippen LogP contribution is 2.31. The first-order chi connectivity index (χ1) is 6.82. The van der Waals surface area contributed by atoms with Crippen molar-refractivity contribution in [1.82, 2.24) is 0 Å². The lowest BCUT2D eigenvalue weighted by Crippen LogP contribution is -2.67. The molecule has 1 aliphatic heterocycles. The molecule has 0 bridgehead atoms. The number of hydrogen-bond acceptors (Lipinski definition) is 6. The second kappa shape index (κ2) is 4.32. The summed E-state index contributed by atoms with van der Waals surface area (Å²) in [4.78, 5) is 0. The van der Waals surface area contributed by atoms with E-state index in [0.29, 0.717) is 0 Å². The van der Waals surface area contributed by atoms with Crippen LogP contribution in [0.15, 0.2) is 0 Å². The average molecular weight is 222 g/mol. The van der Waals surface area contributed by atoms with Crippen molar-refractivity contribution in [2.75, 3.05) is 7.11 Å². The van der Waals surface area contributed by atoms with Crippen molar-refractivity contribution in [1.29, 1.82) is 0 Å². The normalized spacial score (nSPS) is 49.0. The van der Waals surface area contributed by atoms with Crippen LogP contribution in [-0.4, -0.2) is 63.8 Å². The van der Waals surface area contributed by atoms with Crippen molar-refractivity contribution >= 4 is 0 Å². The Bertz CT molecular complexity index is 217. The molecule has 1 heterocycles. The fourth-order valence-corrected chi connectivity index (χ4v) is 1.65. The predicted octanol–water partition coefficient (Wildman–Crippen LogP) is -1.79. The molecular weight excluding hydrogens is 204 g/mol. The summed E-state index contributed by atoms with van der Waals surface area (Å²) in [5, 5.41) is 38.5. The molecule has 15 heavy (non-hydrogen) atoms. The van der Waals surface area contributed by atoms with Gasteiger partial charge in [-0.25, -0.2) is 0 Å². The van der Waals surface area contributed by atoms with Gasteiger partial charge in [-0.1, -0.05) is 0 Å². The van der Waals surface area contributed by atoms with E-state index in [9.17, 15) is 20.4 Å². The number of rotatable bonds is 2. The lowest BCUT2D eigenvalue weighted by Gasteiger charge is -2.46. The van der Waals surface area contributed by atoms with Gasteiger partial charge in [-0.3, -0.25) is 0 Å². The summed E-state index contributed by atoms with van der Waals surface area (Å²) in [6.45, 7) is 2.70. The topological polar surface area (TPSA) is 99.4 Å². The molecule has 6 atom stereocenters. The molecule has 1 rings (SSSR count). The highest BCUT2D eigenvalue weighted by molar-refractivity contribution is 5.00. The van der Waals surface area contributed by atoms with Gasteiger partial charge in [0.25, 0.3) is 0 Å². The van der Waals surface area contributed by atoms with Crippen LogP contribution in [0, 0.1) is 0 Å². The van der Waals surface area contributed by atoms with Crippen molar-refractivity contribution in [2.24, 2.45) is 0 Å². The van der Waals surface area contributed by atoms with Crippen molar-refractivity contribution in [2.45, 2.75) is 50.2 Å². The lowest BCUT2D eigenvalue weighted by molar-refractivity contribution is -0.329. The molecule has 6 heteroatoms. The fourth-order valence-electron chi connectivity index (χ4n) is 1.65. The van der Waals surface area contributed by atoms with E-state index in [2.05, 4.69) is 0 Å². The third-order valence-corrected chi connectivity index (χ3v) is 2.77. The van der Waals surface area contributed by atoms with Crippen LogP contribution in [-0.2, 0) is 9.47 Å². The highest BCUT2D eigenvalue weighted by Gasteiger charge is 2.53. The summed E-state index contributed by atoms with van der Waals surface area (Å²) in [7, 11) is 1.31. The van der Waals surface area contributed by atoms with Gasteiger partial charge in [0.2, 0.25) is 0 Å². The van der Waals surface area contributed by atoms with Gasteiger partial charge in [0.05, 0.1) is 6.10 Å². The predicted molar refractivity (Wildman–Crippen MR) is 50.0 cm³/mol. The molecule has 0 aromatic rings. The first-order valence-corrected chi connectivity index (χ1v) is 4.77. The molecule has 1 fully saturated rings. The maximum Gasteiger partial charge on any atom is 0.186 e. The molecular formula is C9H18O6. The first kappa shape index (κ1) is 12.8.